The summed E-state index contributed by atoms with van der Waals surface area (Å²) < 4.78 is 35.6. The Balaban J connectivity index is 1.75. The molecule has 3 fully saturated rings. The normalized spacial score (nSPS) is 37.3. The highest BCUT2D eigenvalue weighted by Gasteiger charge is 2.60. The van der Waals surface area contributed by atoms with Gasteiger partial charge in [0, 0.05) is 0 Å². The van der Waals surface area contributed by atoms with E-state index < -0.39 is 36.2 Å². The Bertz CT molecular complexity index is 585. The molecular formula is C21H34O7. The first-order chi connectivity index (χ1) is 13.2. The molecule has 160 valence electrons. The highest BCUT2D eigenvalue weighted by atomic mass is 16.8. The SMILES string of the molecule is C/C=C/[C@H](CCCC)C(=O)O[C@@H]1[C@H]2OC(C)(C)O[C@H]2O[C@@H]1[C@H]1COC(C)(C)O1. The van der Waals surface area contributed by atoms with Crippen molar-refractivity contribution in [1.82, 2.24) is 0 Å². The van der Waals surface area contributed by atoms with Crippen LogP contribution in [0.3, 0.4) is 0 Å². The summed E-state index contributed by atoms with van der Waals surface area (Å²) >= 11 is 0. The summed E-state index contributed by atoms with van der Waals surface area (Å²) in [5, 5.41) is 0. The lowest BCUT2D eigenvalue weighted by Crippen LogP contribution is -2.45. The lowest BCUT2D eigenvalue weighted by Gasteiger charge is -2.29. The van der Waals surface area contributed by atoms with E-state index in [-0.39, 0.29) is 18.0 Å². The number of carbonyl (C=O) groups is 1. The molecule has 6 atom stereocenters. The van der Waals surface area contributed by atoms with Crippen LogP contribution in [0.15, 0.2) is 12.2 Å². The van der Waals surface area contributed by atoms with E-state index in [2.05, 4.69) is 6.92 Å². The fourth-order valence-electron chi connectivity index (χ4n) is 3.99. The minimum Gasteiger partial charge on any atom is -0.456 e. The molecule has 0 bridgehead atoms. The average Bonchev–Trinajstić information content (AvgIpc) is 3.21. The zero-order valence-electron chi connectivity index (χ0n) is 17.8. The van der Waals surface area contributed by atoms with Gasteiger partial charge in [-0.1, -0.05) is 31.9 Å². The van der Waals surface area contributed by atoms with Crippen LogP contribution in [-0.2, 0) is 33.2 Å². The van der Waals surface area contributed by atoms with Crippen LogP contribution in [0.4, 0.5) is 0 Å². The fourth-order valence-corrected chi connectivity index (χ4v) is 3.99. The molecule has 7 nitrogen and oxygen atoms in total. The van der Waals surface area contributed by atoms with Gasteiger partial charge in [-0.05, 0) is 41.0 Å². The second-order valence-corrected chi connectivity index (χ2v) is 8.61. The summed E-state index contributed by atoms with van der Waals surface area (Å²) in [7, 11) is 0. The van der Waals surface area contributed by atoms with Crippen molar-refractivity contribution >= 4 is 5.97 Å². The van der Waals surface area contributed by atoms with Crippen molar-refractivity contribution in [2.24, 2.45) is 5.92 Å². The molecule has 7 heteroatoms. The molecule has 0 saturated carbocycles. The lowest BCUT2D eigenvalue weighted by molar-refractivity contribution is -0.235. The molecule has 0 aliphatic carbocycles. The van der Waals surface area contributed by atoms with Crippen LogP contribution in [0.2, 0.25) is 0 Å². The Labute approximate surface area is 167 Å². The predicted octanol–water partition coefficient (Wildman–Crippen LogP) is 3.31. The number of hydrogen-bond acceptors (Lipinski definition) is 7. The van der Waals surface area contributed by atoms with Crippen LogP contribution in [0, 0.1) is 5.92 Å². The first kappa shape index (κ1) is 21.7. The largest absolute Gasteiger partial charge is 0.456 e. The van der Waals surface area contributed by atoms with Gasteiger partial charge in [0.1, 0.15) is 12.2 Å². The van der Waals surface area contributed by atoms with Crippen LogP contribution in [0.1, 0.15) is 60.8 Å². The molecule has 0 radical (unpaired) electrons. The number of ether oxygens (including phenoxy) is 6. The van der Waals surface area contributed by atoms with Crippen molar-refractivity contribution < 1.29 is 33.2 Å². The molecule has 3 heterocycles. The van der Waals surface area contributed by atoms with Crippen LogP contribution in [-0.4, -0.2) is 54.9 Å². The second-order valence-electron chi connectivity index (χ2n) is 8.61. The number of allylic oxidation sites excluding steroid dienone is 1. The molecule has 0 unspecified atom stereocenters. The molecule has 0 spiro atoms. The molecule has 0 N–H and O–H groups in total. The van der Waals surface area contributed by atoms with E-state index in [1.807, 2.05) is 46.8 Å². The van der Waals surface area contributed by atoms with Crippen LogP contribution in [0.25, 0.3) is 0 Å². The van der Waals surface area contributed by atoms with Gasteiger partial charge in [0.05, 0.1) is 12.5 Å². The molecule has 3 aliphatic heterocycles. The molecule has 3 aliphatic rings. The first-order valence-corrected chi connectivity index (χ1v) is 10.3. The number of esters is 1. The van der Waals surface area contributed by atoms with Crippen LogP contribution >= 0.6 is 0 Å². The molecule has 0 aromatic carbocycles. The van der Waals surface area contributed by atoms with Gasteiger partial charge in [-0.25, -0.2) is 0 Å². The summed E-state index contributed by atoms with van der Waals surface area (Å²) in [5.41, 5.74) is 0. The van der Waals surface area contributed by atoms with Crippen molar-refractivity contribution in [3.05, 3.63) is 12.2 Å². The van der Waals surface area contributed by atoms with E-state index in [4.69, 9.17) is 28.4 Å². The van der Waals surface area contributed by atoms with Crippen molar-refractivity contribution in [3.8, 4) is 0 Å². The van der Waals surface area contributed by atoms with Gasteiger partial charge >= 0.3 is 5.97 Å². The Morgan fingerprint density at radius 1 is 1.14 bits per heavy atom. The number of carbonyl (C=O) groups excluding carboxylic acids is 1. The smallest absolute Gasteiger partial charge is 0.313 e. The van der Waals surface area contributed by atoms with E-state index in [1.165, 1.54) is 0 Å². The van der Waals surface area contributed by atoms with Crippen LogP contribution in [0.5, 0.6) is 0 Å². The van der Waals surface area contributed by atoms with Gasteiger partial charge < -0.3 is 28.4 Å². The van der Waals surface area contributed by atoms with Gasteiger partial charge in [-0.3, -0.25) is 4.79 Å². The van der Waals surface area contributed by atoms with Gasteiger partial charge in [0.25, 0.3) is 0 Å². The third-order valence-electron chi connectivity index (χ3n) is 5.27. The van der Waals surface area contributed by atoms with E-state index in [0.29, 0.717) is 6.61 Å². The summed E-state index contributed by atoms with van der Waals surface area (Å²) in [4.78, 5) is 12.9. The van der Waals surface area contributed by atoms with Gasteiger partial charge in [-0.15, -0.1) is 0 Å². The number of hydrogen-bond donors (Lipinski definition) is 0. The average molecular weight is 398 g/mol. The van der Waals surface area contributed by atoms with E-state index in [9.17, 15) is 4.79 Å². The quantitative estimate of drug-likeness (QED) is 0.481. The maximum atomic E-state index is 12.9. The van der Waals surface area contributed by atoms with Crippen molar-refractivity contribution in [1.29, 1.82) is 0 Å². The van der Waals surface area contributed by atoms with E-state index >= 15 is 0 Å². The standard InChI is InChI=1S/C21H34O7/c1-7-9-11-13(10-8-2)18(22)24-16-15(14-12-23-20(3,4)26-14)25-19-17(16)27-21(5,6)28-19/h8,10,13-17,19H,7,9,11-12H2,1-6H3/b10-8+/t13-,14-,15-,16+,17-,19-/m1/s1. The number of unbranched alkanes of at least 4 members (excludes halogenated alkanes) is 1. The fraction of sp³-hybridized carbons (Fsp3) is 0.857. The summed E-state index contributed by atoms with van der Waals surface area (Å²) in [6.07, 6.45) is 3.96. The zero-order valence-corrected chi connectivity index (χ0v) is 17.8. The third-order valence-corrected chi connectivity index (χ3v) is 5.27. The molecule has 28 heavy (non-hydrogen) atoms. The Kier molecular flexibility index (Phi) is 6.51. The van der Waals surface area contributed by atoms with Crippen LogP contribution < -0.4 is 0 Å². The van der Waals surface area contributed by atoms with Gasteiger partial charge in [0.2, 0.25) is 0 Å². The molecule has 0 aromatic rings. The van der Waals surface area contributed by atoms with E-state index in [0.717, 1.165) is 19.3 Å². The summed E-state index contributed by atoms with van der Waals surface area (Å²) in [6, 6.07) is 0. The summed E-state index contributed by atoms with van der Waals surface area (Å²) in [5.74, 6) is -2.03. The molecule has 0 aromatic heterocycles. The minimum absolute atomic E-state index is 0.266. The Morgan fingerprint density at radius 3 is 2.50 bits per heavy atom. The first-order valence-electron chi connectivity index (χ1n) is 10.3. The van der Waals surface area contributed by atoms with Crippen molar-refractivity contribution in [2.45, 2.75) is 103 Å². The third kappa shape index (κ3) is 4.76. The molecule has 3 rings (SSSR count). The second kappa shape index (κ2) is 8.40. The van der Waals surface area contributed by atoms with Gasteiger partial charge in [0.15, 0.2) is 30.1 Å². The predicted molar refractivity (Wildman–Crippen MR) is 101 cm³/mol. The van der Waals surface area contributed by atoms with Gasteiger partial charge in [-0.2, -0.15) is 0 Å². The highest BCUT2D eigenvalue weighted by Crippen LogP contribution is 2.42. The minimum atomic E-state index is -0.789. The van der Waals surface area contributed by atoms with Crippen molar-refractivity contribution in [3.63, 3.8) is 0 Å². The Hall–Kier alpha value is -0.990. The summed E-state index contributed by atoms with van der Waals surface area (Å²) in [6.45, 7) is 11.7. The maximum absolute atomic E-state index is 12.9. The number of rotatable bonds is 7. The van der Waals surface area contributed by atoms with E-state index in [1.54, 1.807) is 0 Å². The molecular weight excluding hydrogens is 364 g/mol. The zero-order chi connectivity index (χ0) is 20.5. The monoisotopic (exact) mass is 398 g/mol. The molecule has 3 saturated heterocycles. The van der Waals surface area contributed by atoms with Crippen molar-refractivity contribution in [2.75, 3.05) is 6.61 Å². The maximum Gasteiger partial charge on any atom is 0.313 e. The highest BCUT2D eigenvalue weighted by molar-refractivity contribution is 5.74. The Morgan fingerprint density at radius 2 is 1.89 bits per heavy atom. The topological polar surface area (TPSA) is 72.5 Å². The number of fused-ring (bicyclic) bond motifs is 1. The lowest BCUT2D eigenvalue weighted by atomic mass is 10.0. The molecule has 0 amide bonds.